The summed E-state index contributed by atoms with van der Waals surface area (Å²) < 4.78 is 0. The van der Waals surface area contributed by atoms with E-state index in [1.54, 1.807) is 0 Å². The van der Waals surface area contributed by atoms with Gasteiger partial charge in [-0.1, -0.05) is 32.1 Å². The van der Waals surface area contributed by atoms with Crippen LogP contribution in [0.25, 0.3) is 0 Å². The first-order chi connectivity index (χ1) is 6.72. The van der Waals surface area contributed by atoms with Crippen molar-refractivity contribution in [3.8, 4) is 0 Å². The van der Waals surface area contributed by atoms with Gasteiger partial charge in [0.15, 0.2) is 0 Å². The molecule has 0 saturated heterocycles. The normalized spacial score (nSPS) is 44.1. The molecule has 2 N–H and O–H groups in total. The smallest absolute Gasteiger partial charge is 0.0882 e. The summed E-state index contributed by atoms with van der Waals surface area (Å²) in [5.74, 6) is 1.34. The average Bonchev–Trinajstić information content (AvgIpc) is 2.14. The molecule has 14 heavy (non-hydrogen) atoms. The first-order valence-corrected chi connectivity index (χ1v) is 6.05. The van der Waals surface area contributed by atoms with Gasteiger partial charge in [0.1, 0.15) is 0 Å². The van der Waals surface area contributed by atoms with Crippen molar-refractivity contribution in [1.29, 1.82) is 0 Å². The molecule has 2 nitrogen and oxygen atoms in total. The maximum Gasteiger partial charge on any atom is 0.0882 e. The van der Waals surface area contributed by atoms with Crippen LogP contribution in [-0.4, -0.2) is 22.4 Å². The molecule has 2 heteroatoms. The Morgan fingerprint density at radius 2 is 1.57 bits per heavy atom. The van der Waals surface area contributed by atoms with Crippen molar-refractivity contribution < 1.29 is 10.2 Å². The van der Waals surface area contributed by atoms with Crippen LogP contribution in [0.4, 0.5) is 0 Å². The summed E-state index contributed by atoms with van der Waals surface area (Å²) in [5.41, 5.74) is -0.745. The maximum absolute atomic E-state index is 10.2. The molecule has 0 radical (unpaired) electrons. The molecule has 2 saturated carbocycles. The van der Waals surface area contributed by atoms with Gasteiger partial charge in [0.05, 0.1) is 12.2 Å². The van der Waals surface area contributed by atoms with E-state index in [1.165, 1.54) is 38.5 Å². The molecule has 0 aromatic carbocycles. The van der Waals surface area contributed by atoms with Crippen LogP contribution >= 0.6 is 0 Å². The Morgan fingerprint density at radius 1 is 1.00 bits per heavy atom. The lowest BCUT2D eigenvalue weighted by molar-refractivity contribution is -0.0783. The fourth-order valence-electron chi connectivity index (χ4n) is 3.41. The zero-order chi connectivity index (χ0) is 10.0. The molecule has 82 valence electrons. The van der Waals surface area contributed by atoms with E-state index in [0.29, 0.717) is 11.8 Å². The third-order valence-corrected chi connectivity index (χ3v) is 4.02. The van der Waals surface area contributed by atoms with Crippen LogP contribution in [0, 0.1) is 11.8 Å². The molecule has 2 fully saturated rings. The van der Waals surface area contributed by atoms with E-state index in [9.17, 15) is 10.2 Å². The van der Waals surface area contributed by atoms with Crippen molar-refractivity contribution in [2.75, 3.05) is 6.61 Å². The quantitative estimate of drug-likeness (QED) is 0.677. The van der Waals surface area contributed by atoms with E-state index >= 15 is 0 Å². The molecule has 2 atom stereocenters. The Balaban J connectivity index is 2.02. The average molecular weight is 198 g/mol. The lowest BCUT2D eigenvalue weighted by Crippen LogP contribution is -2.42. The van der Waals surface area contributed by atoms with Gasteiger partial charge in [0, 0.05) is 0 Å². The van der Waals surface area contributed by atoms with Gasteiger partial charge < -0.3 is 10.2 Å². The van der Waals surface area contributed by atoms with Crippen LogP contribution in [0.5, 0.6) is 0 Å². The van der Waals surface area contributed by atoms with Gasteiger partial charge in [-0.05, 0) is 31.1 Å². The number of hydrogen-bond donors (Lipinski definition) is 2. The molecule has 2 bridgehead atoms. The van der Waals surface area contributed by atoms with Crippen LogP contribution < -0.4 is 0 Å². The lowest BCUT2D eigenvalue weighted by Gasteiger charge is -2.41. The Kier molecular flexibility index (Phi) is 3.13. The van der Waals surface area contributed by atoms with Gasteiger partial charge in [0.25, 0.3) is 0 Å². The summed E-state index contributed by atoms with van der Waals surface area (Å²) in [6, 6.07) is 0. The fourth-order valence-corrected chi connectivity index (χ4v) is 3.41. The zero-order valence-electron chi connectivity index (χ0n) is 8.91. The van der Waals surface area contributed by atoms with Gasteiger partial charge in [-0.25, -0.2) is 0 Å². The highest BCUT2D eigenvalue weighted by atomic mass is 16.3. The van der Waals surface area contributed by atoms with Crippen molar-refractivity contribution in [3.05, 3.63) is 0 Å². The van der Waals surface area contributed by atoms with Gasteiger partial charge >= 0.3 is 0 Å². The van der Waals surface area contributed by atoms with E-state index in [4.69, 9.17) is 0 Å². The molecule has 0 aromatic rings. The standard InChI is InChI=1S/C12H22O2/c13-9-12(14)7-10-4-2-1-3-5-11(6-10)8-12/h10-11,13-14H,1-9H2. The maximum atomic E-state index is 10.2. The predicted octanol–water partition coefficient (Wildman–Crippen LogP) is 2.09. The Labute approximate surface area is 86.3 Å². The minimum absolute atomic E-state index is 0.0417. The number of rotatable bonds is 1. The van der Waals surface area contributed by atoms with Crippen LogP contribution in [0.15, 0.2) is 0 Å². The number of hydrogen-bond acceptors (Lipinski definition) is 2. The first-order valence-electron chi connectivity index (χ1n) is 6.05. The minimum atomic E-state index is -0.745. The van der Waals surface area contributed by atoms with E-state index < -0.39 is 5.60 Å². The van der Waals surface area contributed by atoms with Crippen molar-refractivity contribution in [3.63, 3.8) is 0 Å². The van der Waals surface area contributed by atoms with Crippen LogP contribution in [0.1, 0.15) is 51.4 Å². The van der Waals surface area contributed by atoms with Crippen LogP contribution in [-0.2, 0) is 0 Å². The largest absolute Gasteiger partial charge is 0.393 e. The second-order valence-electron chi connectivity index (χ2n) is 5.40. The highest BCUT2D eigenvalue weighted by Crippen LogP contribution is 2.42. The van der Waals surface area contributed by atoms with Crippen LogP contribution in [0.2, 0.25) is 0 Å². The SMILES string of the molecule is OCC1(O)CC2CCCCCC(C2)C1. The summed E-state index contributed by atoms with van der Waals surface area (Å²) in [7, 11) is 0. The van der Waals surface area contributed by atoms with Gasteiger partial charge in [-0.15, -0.1) is 0 Å². The molecule has 0 aliphatic heterocycles. The molecule has 0 aromatic heterocycles. The van der Waals surface area contributed by atoms with E-state index in [2.05, 4.69) is 0 Å². The van der Waals surface area contributed by atoms with Crippen molar-refractivity contribution >= 4 is 0 Å². The first kappa shape index (κ1) is 10.4. The fraction of sp³-hybridized carbons (Fsp3) is 1.00. The summed E-state index contributed by atoms with van der Waals surface area (Å²) in [4.78, 5) is 0. The molecule has 0 spiro atoms. The van der Waals surface area contributed by atoms with Crippen molar-refractivity contribution in [2.24, 2.45) is 11.8 Å². The van der Waals surface area contributed by atoms with Gasteiger partial charge in [-0.2, -0.15) is 0 Å². The van der Waals surface area contributed by atoms with E-state index in [-0.39, 0.29) is 6.61 Å². The van der Waals surface area contributed by atoms with Crippen molar-refractivity contribution in [1.82, 2.24) is 0 Å². The topological polar surface area (TPSA) is 40.5 Å². The number of aliphatic hydroxyl groups is 2. The summed E-state index contributed by atoms with van der Waals surface area (Å²) >= 11 is 0. The Bertz CT molecular complexity index is 177. The molecule has 2 aliphatic rings. The second kappa shape index (κ2) is 4.19. The summed E-state index contributed by atoms with van der Waals surface area (Å²) in [6.45, 7) is -0.0417. The van der Waals surface area contributed by atoms with Gasteiger partial charge in [-0.3, -0.25) is 0 Å². The zero-order valence-corrected chi connectivity index (χ0v) is 8.91. The van der Waals surface area contributed by atoms with Crippen LogP contribution in [0.3, 0.4) is 0 Å². The third kappa shape index (κ3) is 2.29. The monoisotopic (exact) mass is 198 g/mol. The van der Waals surface area contributed by atoms with E-state index in [0.717, 1.165) is 12.8 Å². The lowest BCUT2D eigenvalue weighted by atomic mass is 9.68. The predicted molar refractivity (Wildman–Crippen MR) is 56.0 cm³/mol. The number of aliphatic hydroxyl groups excluding tert-OH is 1. The van der Waals surface area contributed by atoms with E-state index in [1.807, 2.05) is 0 Å². The summed E-state index contributed by atoms with van der Waals surface area (Å²) in [5, 5.41) is 19.4. The molecule has 0 amide bonds. The third-order valence-electron chi connectivity index (χ3n) is 4.02. The second-order valence-corrected chi connectivity index (χ2v) is 5.40. The molecular formula is C12H22O2. The molecule has 2 aliphatic carbocycles. The highest BCUT2D eigenvalue weighted by molar-refractivity contribution is 4.90. The van der Waals surface area contributed by atoms with Crippen molar-refractivity contribution in [2.45, 2.75) is 57.0 Å². The number of fused-ring (bicyclic) bond motifs is 2. The minimum Gasteiger partial charge on any atom is -0.393 e. The molecule has 2 unspecified atom stereocenters. The molecular weight excluding hydrogens is 176 g/mol. The highest BCUT2D eigenvalue weighted by Gasteiger charge is 2.38. The molecule has 0 heterocycles. The Hall–Kier alpha value is -0.0800. The summed E-state index contributed by atoms with van der Waals surface area (Å²) in [6.07, 6.45) is 9.49. The Morgan fingerprint density at radius 3 is 2.07 bits per heavy atom. The van der Waals surface area contributed by atoms with Gasteiger partial charge in [0.2, 0.25) is 0 Å². The molecule has 2 rings (SSSR count).